The van der Waals surface area contributed by atoms with Gasteiger partial charge in [0, 0.05) is 30.9 Å². The van der Waals surface area contributed by atoms with Gasteiger partial charge in [0.25, 0.3) is 0 Å². The summed E-state index contributed by atoms with van der Waals surface area (Å²) >= 11 is 0. The monoisotopic (exact) mass is 378 g/mol. The third-order valence-electron chi connectivity index (χ3n) is 4.04. The van der Waals surface area contributed by atoms with Crippen LogP contribution < -0.4 is 4.74 Å². The second-order valence-corrected chi connectivity index (χ2v) is 7.59. The summed E-state index contributed by atoms with van der Waals surface area (Å²) in [5.41, 5.74) is 0.935. The summed E-state index contributed by atoms with van der Waals surface area (Å²) in [7, 11) is -2.33. The van der Waals surface area contributed by atoms with Crippen LogP contribution in [0.25, 0.3) is 11.1 Å². The van der Waals surface area contributed by atoms with E-state index in [4.69, 9.17) is 9.47 Å². The van der Waals surface area contributed by atoms with Gasteiger partial charge in [-0.1, -0.05) is 0 Å². The Morgan fingerprint density at radius 1 is 1.19 bits per heavy atom. The number of sulfonamides is 1. The number of pyridine rings is 1. The van der Waals surface area contributed by atoms with Crippen molar-refractivity contribution in [2.24, 2.45) is 0 Å². The Hall–Kier alpha value is -2.49. The van der Waals surface area contributed by atoms with Crippen molar-refractivity contribution in [2.45, 2.75) is 4.90 Å². The van der Waals surface area contributed by atoms with Gasteiger partial charge in [0.1, 0.15) is 0 Å². The summed E-state index contributed by atoms with van der Waals surface area (Å²) in [5, 5.41) is 9.37. The number of carbonyl (C=O) groups is 1. The molecule has 2 aromatic rings. The fraction of sp³-hybridized carbons (Fsp3) is 0.294. The van der Waals surface area contributed by atoms with Gasteiger partial charge in [-0.25, -0.2) is 18.2 Å². The van der Waals surface area contributed by atoms with E-state index < -0.39 is 16.0 Å². The third kappa shape index (κ3) is 3.69. The highest BCUT2D eigenvalue weighted by molar-refractivity contribution is 7.89. The average molecular weight is 378 g/mol. The van der Waals surface area contributed by atoms with Crippen molar-refractivity contribution in [3.63, 3.8) is 0 Å². The second kappa shape index (κ2) is 7.40. The molecule has 1 N–H and O–H groups in total. The van der Waals surface area contributed by atoms with E-state index in [0.29, 0.717) is 30.2 Å². The summed E-state index contributed by atoms with van der Waals surface area (Å²) < 4.78 is 37.3. The largest absolute Gasteiger partial charge is 0.481 e. The SMILES string of the molecule is COc1ccc(-c2cc(C(=O)O)cc(S(=O)(=O)N3CCOCC3)c2)cn1. The Labute approximate surface area is 151 Å². The van der Waals surface area contributed by atoms with E-state index in [9.17, 15) is 18.3 Å². The van der Waals surface area contributed by atoms with Gasteiger partial charge < -0.3 is 14.6 Å². The Morgan fingerprint density at radius 3 is 2.50 bits per heavy atom. The van der Waals surface area contributed by atoms with Crippen LogP contribution in [0.5, 0.6) is 5.88 Å². The van der Waals surface area contributed by atoms with Crippen molar-refractivity contribution in [2.75, 3.05) is 33.4 Å². The number of benzene rings is 1. The molecule has 1 fully saturated rings. The molecule has 0 saturated carbocycles. The number of hydrogen-bond acceptors (Lipinski definition) is 6. The summed E-state index contributed by atoms with van der Waals surface area (Å²) in [6.07, 6.45) is 1.50. The molecule has 1 saturated heterocycles. The standard InChI is InChI=1S/C17H18N2O6S/c1-24-16-3-2-12(11-18-16)13-8-14(17(20)21)10-15(9-13)26(22,23)19-4-6-25-7-5-19/h2-3,8-11H,4-7H2,1H3,(H,20,21). The van der Waals surface area contributed by atoms with Crippen LogP contribution in [0.3, 0.4) is 0 Å². The summed E-state index contributed by atoms with van der Waals surface area (Å²) in [6.45, 7) is 1.10. The van der Waals surface area contributed by atoms with E-state index in [1.165, 1.54) is 35.8 Å². The molecule has 0 atom stereocenters. The fourth-order valence-electron chi connectivity index (χ4n) is 2.65. The van der Waals surface area contributed by atoms with Gasteiger partial charge >= 0.3 is 5.97 Å². The van der Waals surface area contributed by atoms with Crippen LogP contribution in [0.1, 0.15) is 10.4 Å². The number of nitrogens with zero attached hydrogens (tertiary/aromatic N) is 2. The maximum atomic E-state index is 12.9. The molecule has 1 aromatic heterocycles. The quantitative estimate of drug-likeness (QED) is 0.840. The number of carboxylic acids is 1. The molecule has 0 unspecified atom stereocenters. The number of ether oxygens (including phenoxy) is 2. The number of hydrogen-bond donors (Lipinski definition) is 1. The number of aromatic nitrogens is 1. The molecule has 0 aliphatic carbocycles. The van der Waals surface area contributed by atoms with Crippen LogP contribution in [0.15, 0.2) is 41.4 Å². The smallest absolute Gasteiger partial charge is 0.335 e. The Kier molecular flexibility index (Phi) is 5.21. The molecule has 0 spiro atoms. The van der Waals surface area contributed by atoms with E-state index in [-0.39, 0.29) is 23.5 Å². The third-order valence-corrected chi connectivity index (χ3v) is 5.92. The van der Waals surface area contributed by atoms with Crippen molar-refractivity contribution < 1.29 is 27.8 Å². The minimum atomic E-state index is -3.82. The number of methoxy groups -OCH3 is 1. The molecule has 0 radical (unpaired) electrons. The Morgan fingerprint density at radius 2 is 1.92 bits per heavy atom. The predicted octanol–water partition coefficient (Wildman–Crippen LogP) is 1.48. The highest BCUT2D eigenvalue weighted by Gasteiger charge is 2.27. The van der Waals surface area contributed by atoms with Gasteiger partial charge in [-0.3, -0.25) is 0 Å². The molecule has 138 valence electrons. The minimum absolute atomic E-state index is 0.0647. The van der Waals surface area contributed by atoms with E-state index >= 15 is 0 Å². The molecule has 0 bridgehead atoms. The van der Waals surface area contributed by atoms with Crippen LogP contribution in [0, 0.1) is 0 Å². The van der Waals surface area contributed by atoms with E-state index in [1.54, 1.807) is 12.1 Å². The Balaban J connectivity index is 2.07. The molecular formula is C17H18N2O6S. The number of morpholine rings is 1. The van der Waals surface area contributed by atoms with E-state index in [1.807, 2.05) is 0 Å². The van der Waals surface area contributed by atoms with Crippen LogP contribution in [0.4, 0.5) is 0 Å². The minimum Gasteiger partial charge on any atom is -0.481 e. The predicted molar refractivity (Wildman–Crippen MR) is 92.8 cm³/mol. The summed E-state index contributed by atoms with van der Waals surface area (Å²) in [4.78, 5) is 15.5. The van der Waals surface area contributed by atoms with Gasteiger partial charge in [-0.2, -0.15) is 4.31 Å². The van der Waals surface area contributed by atoms with Gasteiger partial charge in [0.05, 0.1) is 30.8 Å². The normalized spacial score (nSPS) is 15.6. The molecule has 26 heavy (non-hydrogen) atoms. The van der Waals surface area contributed by atoms with Crippen LogP contribution >= 0.6 is 0 Å². The topological polar surface area (TPSA) is 106 Å². The molecule has 0 amide bonds. The second-order valence-electron chi connectivity index (χ2n) is 5.66. The zero-order chi connectivity index (χ0) is 18.7. The molecule has 1 aromatic carbocycles. The molecule has 3 rings (SSSR count). The van der Waals surface area contributed by atoms with Crippen molar-refractivity contribution in [1.29, 1.82) is 0 Å². The van der Waals surface area contributed by atoms with E-state index in [2.05, 4.69) is 4.98 Å². The average Bonchev–Trinajstić information content (AvgIpc) is 2.68. The number of carboxylic acid groups (broad SMARTS) is 1. The van der Waals surface area contributed by atoms with Crippen molar-refractivity contribution in [3.05, 3.63) is 42.1 Å². The number of rotatable bonds is 5. The lowest BCUT2D eigenvalue weighted by Gasteiger charge is -2.26. The highest BCUT2D eigenvalue weighted by Crippen LogP contribution is 2.27. The maximum Gasteiger partial charge on any atom is 0.335 e. The van der Waals surface area contributed by atoms with E-state index in [0.717, 1.165) is 0 Å². The Bertz CT molecular complexity index is 905. The lowest BCUT2D eigenvalue weighted by molar-refractivity contribution is 0.0696. The van der Waals surface area contributed by atoms with Crippen molar-refractivity contribution in [3.8, 4) is 17.0 Å². The van der Waals surface area contributed by atoms with Gasteiger partial charge in [0.15, 0.2) is 0 Å². The molecule has 2 heterocycles. The highest BCUT2D eigenvalue weighted by atomic mass is 32.2. The maximum absolute atomic E-state index is 12.9. The molecule has 1 aliphatic heterocycles. The van der Waals surface area contributed by atoms with Crippen LogP contribution in [0.2, 0.25) is 0 Å². The lowest BCUT2D eigenvalue weighted by Crippen LogP contribution is -2.40. The molecule has 8 nitrogen and oxygen atoms in total. The van der Waals surface area contributed by atoms with Crippen LogP contribution in [-0.2, 0) is 14.8 Å². The summed E-state index contributed by atoms with van der Waals surface area (Å²) in [5.74, 6) is -0.795. The first-order valence-electron chi connectivity index (χ1n) is 7.88. The van der Waals surface area contributed by atoms with Gasteiger partial charge in [-0.05, 0) is 29.8 Å². The molecule has 1 aliphatic rings. The first-order valence-corrected chi connectivity index (χ1v) is 9.32. The first kappa shape index (κ1) is 18.3. The van der Waals surface area contributed by atoms with Gasteiger partial charge in [0.2, 0.25) is 15.9 Å². The van der Waals surface area contributed by atoms with Crippen LogP contribution in [-0.4, -0.2) is 62.2 Å². The zero-order valence-corrected chi connectivity index (χ0v) is 14.9. The summed E-state index contributed by atoms with van der Waals surface area (Å²) in [6, 6.07) is 7.37. The van der Waals surface area contributed by atoms with Crippen molar-refractivity contribution in [1.82, 2.24) is 9.29 Å². The first-order chi connectivity index (χ1) is 12.4. The lowest BCUT2D eigenvalue weighted by atomic mass is 10.0. The number of aromatic carboxylic acids is 1. The zero-order valence-electron chi connectivity index (χ0n) is 14.1. The fourth-order valence-corrected chi connectivity index (χ4v) is 4.13. The van der Waals surface area contributed by atoms with Crippen molar-refractivity contribution >= 4 is 16.0 Å². The molecule has 9 heteroatoms. The van der Waals surface area contributed by atoms with Gasteiger partial charge in [-0.15, -0.1) is 0 Å². The molecular weight excluding hydrogens is 360 g/mol.